The van der Waals surface area contributed by atoms with E-state index >= 15 is 0 Å². The minimum Gasteiger partial charge on any atom is -0.497 e. The van der Waals surface area contributed by atoms with Gasteiger partial charge in [-0.15, -0.1) is 0 Å². The molecule has 0 aliphatic rings. The van der Waals surface area contributed by atoms with Crippen molar-refractivity contribution in [1.82, 2.24) is 5.32 Å². The summed E-state index contributed by atoms with van der Waals surface area (Å²) in [4.78, 5) is 0. The van der Waals surface area contributed by atoms with Crippen LogP contribution in [0.2, 0.25) is 0 Å². The van der Waals surface area contributed by atoms with E-state index in [0.717, 1.165) is 18.7 Å². The summed E-state index contributed by atoms with van der Waals surface area (Å²) < 4.78 is 5.25. The molecule has 0 fully saturated rings. The molecule has 1 N–H and O–H groups in total. The number of methoxy groups -OCH3 is 1. The van der Waals surface area contributed by atoms with Crippen LogP contribution in [0.1, 0.15) is 25.8 Å². The lowest BCUT2D eigenvalue weighted by atomic mass is 9.81. The van der Waals surface area contributed by atoms with E-state index in [-0.39, 0.29) is 0 Å². The maximum atomic E-state index is 5.25. The molecule has 0 bridgehead atoms. The molecule has 0 aliphatic heterocycles. The van der Waals surface area contributed by atoms with Crippen LogP contribution in [-0.4, -0.2) is 20.7 Å². The summed E-state index contributed by atoms with van der Waals surface area (Å²) >= 11 is 0. The molecule has 2 heteroatoms. The van der Waals surface area contributed by atoms with E-state index in [2.05, 4.69) is 37.4 Å². The molecule has 1 rings (SSSR count). The Bertz CT molecular complexity index is 324. The summed E-state index contributed by atoms with van der Waals surface area (Å²) in [6.45, 7) is 5.61. The monoisotopic (exact) mass is 221 g/mol. The van der Waals surface area contributed by atoms with E-state index in [0.29, 0.717) is 5.41 Å². The van der Waals surface area contributed by atoms with Crippen molar-refractivity contribution in [3.05, 3.63) is 29.8 Å². The van der Waals surface area contributed by atoms with E-state index in [1.807, 2.05) is 13.1 Å². The number of nitrogens with one attached hydrogen (secondary N) is 1. The molecular formula is C14H23NO. The highest BCUT2D eigenvalue weighted by Crippen LogP contribution is 2.27. The topological polar surface area (TPSA) is 21.3 Å². The van der Waals surface area contributed by atoms with Gasteiger partial charge in [0.05, 0.1) is 7.11 Å². The van der Waals surface area contributed by atoms with Crippen LogP contribution in [0.25, 0.3) is 0 Å². The second-order valence-electron chi connectivity index (χ2n) is 4.72. The van der Waals surface area contributed by atoms with Crippen LogP contribution in [0.5, 0.6) is 5.75 Å². The molecule has 2 nitrogen and oxygen atoms in total. The van der Waals surface area contributed by atoms with Gasteiger partial charge in [0.1, 0.15) is 5.75 Å². The summed E-state index contributed by atoms with van der Waals surface area (Å²) in [6, 6.07) is 8.35. The predicted molar refractivity (Wildman–Crippen MR) is 69.0 cm³/mol. The molecule has 0 aliphatic carbocycles. The first kappa shape index (κ1) is 13.0. The Morgan fingerprint density at radius 3 is 2.69 bits per heavy atom. The van der Waals surface area contributed by atoms with Gasteiger partial charge in [-0.2, -0.15) is 0 Å². The van der Waals surface area contributed by atoms with Crippen LogP contribution in [0.4, 0.5) is 0 Å². The Kier molecular flexibility index (Phi) is 4.81. The fourth-order valence-corrected chi connectivity index (χ4v) is 2.01. The maximum Gasteiger partial charge on any atom is 0.119 e. The molecule has 1 aromatic carbocycles. The van der Waals surface area contributed by atoms with Crippen LogP contribution < -0.4 is 10.1 Å². The SMILES string of the molecule is CCC(C)(CNC)Cc1cccc(OC)c1. The van der Waals surface area contributed by atoms with Crippen LogP contribution in [-0.2, 0) is 6.42 Å². The Morgan fingerprint density at radius 1 is 1.38 bits per heavy atom. The van der Waals surface area contributed by atoms with Crippen molar-refractivity contribution in [1.29, 1.82) is 0 Å². The first-order chi connectivity index (χ1) is 7.63. The van der Waals surface area contributed by atoms with Crippen molar-refractivity contribution in [2.45, 2.75) is 26.7 Å². The molecule has 0 aromatic heterocycles. The summed E-state index contributed by atoms with van der Waals surface area (Å²) in [5.74, 6) is 0.945. The second kappa shape index (κ2) is 5.90. The van der Waals surface area contributed by atoms with Crippen molar-refractivity contribution >= 4 is 0 Å². The zero-order chi connectivity index (χ0) is 12.0. The smallest absolute Gasteiger partial charge is 0.119 e. The minimum atomic E-state index is 0.321. The summed E-state index contributed by atoms with van der Waals surface area (Å²) in [7, 11) is 3.73. The molecule has 1 unspecified atom stereocenters. The van der Waals surface area contributed by atoms with Gasteiger partial charge in [0.25, 0.3) is 0 Å². The Labute approximate surface area is 99.0 Å². The molecule has 0 radical (unpaired) electrons. The van der Waals surface area contributed by atoms with Gasteiger partial charge in [0.15, 0.2) is 0 Å². The molecular weight excluding hydrogens is 198 g/mol. The van der Waals surface area contributed by atoms with Gasteiger partial charge < -0.3 is 10.1 Å². The van der Waals surface area contributed by atoms with E-state index in [1.165, 1.54) is 12.0 Å². The van der Waals surface area contributed by atoms with Gasteiger partial charge in [-0.25, -0.2) is 0 Å². The number of ether oxygens (including phenoxy) is 1. The molecule has 90 valence electrons. The first-order valence-electron chi connectivity index (χ1n) is 5.91. The average Bonchev–Trinajstić information content (AvgIpc) is 2.29. The highest BCUT2D eigenvalue weighted by atomic mass is 16.5. The lowest BCUT2D eigenvalue weighted by Crippen LogP contribution is -2.31. The van der Waals surface area contributed by atoms with Crippen molar-refractivity contribution < 1.29 is 4.74 Å². The van der Waals surface area contributed by atoms with Crippen molar-refractivity contribution in [3.63, 3.8) is 0 Å². The summed E-state index contributed by atoms with van der Waals surface area (Å²) in [5, 5.41) is 3.28. The maximum absolute atomic E-state index is 5.25. The Hall–Kier alpha value is -1.02. The summed E-state index contributed by atoms with van der Waals surface area (Å²) in [6.07, 6.45) is 2.26. The third-order valence-corrected chi connectivity index (χ3v) is 3.22. The van der Waals surface area contributed by atoms with E-state index in [9.17, 15) is 0 Å². The third-order valence-electron chi connectivity index (χ3n) is 3.22. The van der Waals surface area contributed by atoms with Crippen LogP contribution in [0, 0.1) is 5.41 Å². The van der Waals surface area contributed by atoms with Crippen LogP contribution in [0.15, 0.2) is 24.3 Å². The molecule has 16 heavy (non-hydrogen) atoms. The van der Waals surface area contributed by atoms with Crippen molar-refractivity contribution in [2.24, 2.45) is 5.41 Å². The predicted octanol–water partition coefficient (Wildman–Crippen LogP) is 2.87. The molecule has 0 saturated carbocycles. The lowest BCUT2D eigenvalue weighted by Gasteiger charge is -2.28. The molecule has 0 heterocycles. The van der Waals surface area contributed by atoms with E-state index in [1.54, 1.807) is 7.11 Å². The highest BCUT2D eigenvalue weighted by Gasteiger charge is 2.21. The Balaban J connectivity index is 2.77. The zero-order valence-electron chi connectivity index (χ0n) is 10.8. The molecule has 1 atom stereocenters. The fourth-order valence-electron chi connectivity index (χ4n) is 2.01. The number of benzene rings is 1. The Morgan fingerprint density at radius 2 is 2.12 bits per heavy atom. The number of hydrogen-bond donors (Lipinski definition) is 1. The normalized spacial score (nSPS) is 14.5. The summed E-state index contributed by atoms with van der Waals surface area (Å²) in [5.41, 5.74) is 1.67. The van der Waals surface area contributed by atoms with Crippen LogP contribution >= 0.6 is 0 Å². The molecule has 0 amide bonds. The van der Waals surface area contributed by atoms with Crippen LogP contribution in [0.3, 0.4) is 0 Å². The molecule has 0 spiro atoms. The minimum absolute atomic E-state index is 0.321. The second-order valence-corrected chi connectivity index (χ2v) is 4.72. The highest BCUT2D eigenvalue weighted by molar-refractivity contribution is 5.29. The average molecular weight is 221 g/mol. The van der Waals surface area contributed by atoms with Gasteiger partial charge in [-0.1, -0.05) is 26.0 Å². The number of hydrogen-bond acceptors (Lipinski definition) is 2. The standard InChI is InChI=1S/C14H23NO/c1-5-14(2,11-15-3)10-12-7-6-8-13(9-12)16-4/h6-9,15H,5,10-11H2,1-4H3. The lowest BCUT2D eigenvalue weighted by molar-refractivity contribution is 0.298. The van der Waals surface area contributed by atoms with Gasteiger partial charge in [-0.3, -0.25) is 0 Å². The zero-order valence-corrected chi connectivity index (χ0v) is 10.8. The molecule has 0 saturated heterocycles. The van der Waals surface area contributed by atoms with Gasteiger partial charge >= 0.3 is 0 Å². The van der Waals surface area contributed by atoms with Gasteiger partial charge in [-0.05, 0) is 43.0 Å². The van der Waals surface area contributed by atoms with Crippen molar-refractivity contribution in [2.75, 3.05) is 20.7 Å². The van der Waals surface area contributed by atoms with Gasteiger partial charge in [0.2, 0.25) is 0 Å². The number of rotatable bonds is 6. The molecule has 1 aromatic rings. The van der Waals surface area contributed by atoms with E-state index in [4.69, 9.17) is 4.74 Å². The van der Waals surface area contributed by atoms with E-state index < -0.39 is 0 Å². The quantitative estimate of drug-likeness (QED) is 0.797. The largest absolute Gasteiger partial charge is 0.497 e. The van der Waals surface area contributed by atoms with Gasteiger partial charge in [0, 0.05) is 6.54 Å². The fraction of sp³-hybridized carbons (Fsp3) is 0.571. The first-order valence-corrected chi connectivity index (χ1v) is 5.91. The van der Waals surface area contributed by atoms with Crippen molar-refractivity contribution in [3.8, 4) is 5.75 Å². The third kappa shape index (κ3) is 3.53.